The number of ether oxygens (including phenoxy) is 1. The summed E-state index contributed by atoms with van der Waals surface area (Å²) < 4.78 is 5.62. The Morgan fingerprint density at radius 3 is 2.83 bits per heavy atom. The first-order valence-electron chi connectivity index (χ1n) is 6.49. The third kappa shape index (κ3) is 2.90. The summed E-state index contributed by atoms with van der Waals surface area (Å²) in [6.45, 7) is 4.36. The maximum Gasteiger partial charge on any atom is 0.350 e. The van der Waals surface area contributed by atoms with E-state index >= 15 is 0 Å². The summed E-state index contributed by atoms with van der Waals surface area (Å²) in [6.07, 6.45) is 4.58. The fourth-order valence-corrected chi connectivity index (χ4v) is 3.20. The van der Waals surface area contributed by atoms with Gasteiger partial charge in [-0.15, -0.1) is 11.3 Å². The second-order valence-electron chi connectivity index (χ2n) is 4.93. The quantitative estimate of drug-likeness (QED) is 0.856. The molecule has 18 heavy (non-hydrogen) atoms. The summed E-state index contributed by atoms with van der Waals surface area (Å²) in [5.41, 5.74) is 6.26. The molecule has 1 aromatic heterocycles. The Hall–Kier alpha value is -0.940. The van der Waals surface area contributed by atoms with E-state index in [2.05, 4.69) is 11.9 Å². The average Bonchev–Trinajstić information content (AvgIpc) is 2.73. The molecule has 5 heteroatoms. The molecule has 1 saturated carbocycles. The largest absolute Gasteiger partial charge is 0.458 e. The van der Waals surface area contributed by atoms with Gasteiger partial charge in [-0.2, -0.15) is 0 Å². The van der Waals surface area contributed by atoms with Gasteiger partial charge in [0.25, 0.3) is 0 Å². The van der Waals surface area contributed by atoms with Crippen LogP contribution < -0.4 is 5.73 Å². The molecule has 0 bridgehead atoms. The van der Waals surface area contributed by atoms with E-state index in [-0.39, 0.29) is 12.1 Å². The number of aryl methyl sites for hydroxylation is 1. The van der Waals surface area contributed by atoms with E-state index < -0.39 is 0 Å². The van der Waals surface area contributed by atoms with E-state index in [9.17, 15) is 4.79 Å². The first kappa shape index (κ1) is 13.5. The Labute approximate surface area is 112 Å². The lowest BCUT2D eigenvalue weighted by atomic mass is 9.88. The van der Waals surface area contributed by atoms with Crippen molar-refractivity contribution in [2.75, 3.05) is 0 Å². The number of esters is 1. The summed E-state index contributed by atoms with van der Waals surface area (Å²) in [5, 5.41) is 0.788. The molecule has 1 aromatic rings. The average molecular weight is 268 g/mol. The van der Waals surface area contributed by atoms with Crippen LogP contribution in [-0.4, -0.2) is 17.1 Å². The van der Waals surface area contributed by atoms with Crippen LogP contribution in [0.5, 0.6) is 0 Å². The predicted octanol–water partition coefficient (Wildman–Crippen LogP) is 2.65. The van der Waals surface area contributed by atoms with Gasteiger partial charge in [0.1, 0.15) is 16.0 Å². The van der Waals surface area contributed by atoms with Gasteiger partial charge in [-0.25, -0.2) is 9.78 Å². The maximum atomic E-state index is 12.1. The number of hydrogen-bond donors (Lipinski definition) is 1. The van der Waals surface area contributed by atoms with Crippen molar-refractivity contribution in [1.29, 1.82) is 0 Å². The Bertz CT molecular complexity index is 431. The highest BCUT2D eigenvalue weighted by Gasteiger charge is 2.26. The topological polar surface area (TPSA) is 65.2 Å². The van der Waals surface area contributed by atoms with Crippen molar-refractivity contribution >= 4 is 17.3 Å². The number of thiazole rings is 1. The number of nitrogens with zero attached hydrogens (tertiary/aromatic N) is 1. The van der Waals surface area contributed by atoms with Gasteiger partial charge in [-0.1, -0.05) is 13.3 Å². The summed E-state index contributed by atoms with van der Waals surface area (Å²) in [7, 11) is 0. The highest BCUT2D eigenvalue weighted by Crippen LogP contribution is 2.28. The second-order valence-corrected chi connectivity index (χ2v) is 6.02. The molecule has 0 spiro atoms. The van der Waals surface area contributed by atoms with Crippen LogP contribution in [0.4, 0.5) is 0 Å². The molecule has 2 N–H and O–H groups in total. The van der Waals surface area contributed by atoms with E-state index in [1.807, 2.05) is 6.92 Å². The Balaban J connectivity index is 2.04. The Morgan fingerprint density at radius 2 is 2.22 bits per heavy atom. The monoisotopic (exact) mass is 268 g/mol. The molecular formula is C13H20N2O2S. The van der Waals surface area contributed by atoms with Gasteiger partial charge in [-0.3, -0.25) is 0 Å². The number of carbonyl (C=O) groups excluding carboxylic acids is 1. The highest BCUT2D eigenvalue weighted by molar-refractivity contribution is 7.13. The van der Waals surface area contributed by atoms with Gasteiger partial charge in [0.05, 0.1) is 5.69 Å². The van der Waals surface area contributed by atoms with Gasteiger partial charge in [-0.05, 0) is 32.1 Å². The van der Waals surface area contributed by atoms with Crippen molar-refractivity contribution < 1.29 is 9.53 Å². The summed E-state index contributed by atoms with van der Waals surface area (Å²) >= 11 is 1.35. The molecule has 1 aliphatic rings. The SMILES string of the molecule is Cc1nc(CN)sc1C(=O)OC1CCCCC1C. The third-order valence-electron chi connectivity index (χ3n) is 3.49. The maximum absolute atomic E-state index is 12.1. The molecule has 4 nitrogen and oxygen atoms in total. The van der Waals surface area contributed by atoms with Crippen LogP contribution in [0.25, 0.3) is 0 Å². The van der Waals surface area contributed by atoms with Crippen molar-refractivity contribution in [2.24, 2.45) is 11.7 Å². The van der Waals surface area contributed by atoms with Crippen molar-refractivity contribution in [3.8, 4) is 0 Å². The molecule has 1 fully saturated rings. The molecule has 0 aliphatic heterocycles. The minimum atomic E-state index is -0.233. The zero-order valence-corrected chi connectivity index (χ0v) is 11.8. The van der Waals surface area contributed by atoms with E-state index in [0.717, 1.165) is 30.0 Å². The van der Waals surface area contributed by atoms with E-state index in [0.29, 0.717) is 17.3 Å². The fourth-order valence-electron chi connectivity index (χ4n) is 2.38. The number of carbonyl (C=O) groups is 1. The Morgan fingerprint density at radius 1 is 1.50 bits per heavy atom. The van der Waals surface area contributed by atoms with Crippen molar-refractivity contribution in [3.05, 3.63) is 15.6 Å². The van der Waals surface area contributed by atoms with Crippen LogP contribution in [-0.2, 0) is 11.3 Å². The third-order valence-corrected chi connectivity index (χ3v) is 4.65. The second kappa shape index (κ2) is 5.80. The van der Waals surface area contributed by atoms with E-state index in [4.69, 9.17) is 10.5 Å². The van der Waals surface area contributed by atoms with Crippen LogP contribution in [0.2, 0.25) is 0 Å². The first-order chi connectivity index (χ1) is 8.61. The number of rotatable bonds is 3. The molecule has 2 rings (SSSR count). The smallest absolute Gasteiger partial charge is 0.350 e. The summed E-state index contributed by atoms with van der Waals surface area (Å²) in [4.78, 5) is 17.0. The zero-order chi connectivity index (χ0) is 13.1. The minimum absolute atomic E-state index is 0.0640. The number of nitrogens with two attached hydrogens (primary N) is 1. The van der Waals surface area contributed by atoms with Crippen molar-refractivity contribution in [3.63, 3.8) is 0 Å². The van der Waals surface area contributed by atoms with Gasteiger partial charge in [0, 0.05) is 6.54 Å². The van der Waals surface area contributed by atoms with Crippen LogP contribution >= 0.6 is 11.3 Å². The van der Waals surface area contributed by atoms with Crippen LogP contribution in [0.3, 0.4) is 0 Å². The Kier molecular flexibility index (Phi) is 4.35. The molecule has 0 aromatic carbocycles. The van der Waals surface area contributed by atoms with Crippen LogP contribution in [0.1, 0.15) is 53.0 Å². The van der Waals surface area contributed by atoms with Gasteiger partial charge in [0.2, 0.25) is 0 Å². The van der Waals surface area contributed by atoms with Crippen LogP contribution in [0, 0.1) is 12.8 Å². The lowest BCUT2D eigenvalue weighted by Gasteiger charge is -2.28. The van der Waals surface area contributed by atoms with Crippen molar-refractivity contribution in [1.82, 2.24) is 4.98 Å². The molecule has 0 saturated heterocycles. The zero-order valence-electron chi connectivity index (χ0n) is 10.9. The van der Waals surface area contributed by atoms with Crippen molar-refractivity contribution in [2.45, 2.75) is 52.2 Å². The number of hydrogen-bond acceptors (Lipinski definition) is 5. The highest BCUT2D eigenvalue weighted by atomic mass is 32.1. The fraction of sp³-hybridized carbons (Fsp3) is 0.692. The molecule has 1 aliphatic carbocycles. The van der Waals surface area contributed by atoms with Gasteiger partial charge in [0.15, 0.2) is 0 Å². The number of aromatic nitrogens is 1. The summed E-state index contributed by atoms with van der Waals surface area (Å²) in [6, 6.07) is 0. The van der Waals surface area contributed by atoms with E-state index in [1.54, 1.807) is 0 Å². The van der Waals surface area contributed by atoms with Gasteiger partial charge < -0.3 is 10.5 Å². The molecule has 2 atom stereocenters. The first-order valence-corrected chi connectivity index (χ1v) is 7.30. The van der Waals surface area contributed by atoms with E-state index in [1.165, 1.54) is 17.8 Å². The van der Waals surface area contributed by atoms with Crippen LogP contribution in [0.15, 0.2) is 0 Å². The van der Waals surface area contributed by atoms with Gasteiger partial charge >= 0.3 is 5.97 Å². The lowest BCUT2D eigenvalue weighted by molar-refractivity contribution is 0.00524. The lowest BCUT2D eigenvalue weighted by Crippen LogP contribution is -2.28. The molecule has 2 unspecified atom stereocenters. The molecule has 0 amide bonds. The predicted molar refractivity (Wildman–Crippen MR) is 71.6 cm³/mol. The molecule has 100 valence electrons. The normalized spacial score (nSPS) is 23.9. The molecule has 0 radical (unpaired) electrons. The molecular weight excluding hydrogens is 248 g/mol. The summed E-state index contributed by atoms with van der Waals surface area (Å²) in [5.74, 6) is 0.230. The molecule has 1 heterocycles. The minimum Gasteiger partial charge on any atom is -0.458 e. The standard InChI is InChI=1S/C13H20N2O2S/c1-8-5-3-4-6-10(8)17-13(16)12-9(2)15-11(7-14)18-12/h8,10H,3-7,14H2,1-2H3.